The molecule has 1 aromatic heterocycles. The quantitative estimate of drug-likeness (QED) is 0.887. The molecule has 1 amide bonds. The number of nitrogens with zero attached hydrogens (tertiary/aromatic N) is 2. The van der Waals surface area contributed by atoms with E-state index in [0.717, 1.165) is 38.1 Å². The Hall–Kier alpha value is -2.14. The zero-order valence-electron chi connectivity index (χ0n) is 13.8. The minimum absolute atomic E-state index is 0.128. The van der Waals surface area contributed by atoms with E-state index in [1.54, 1.807) is 6.07 Å². The van der Waals surface area contributed by atoms with Gasteiger partial charge in [-0.3, -0.25) is 9.69 Å². The standard InChI is InChI=1S/C19H23N3O2/c23-19(17-11-18(24-21-17)15-8-9-15)20-12-16-7-4-10-22(16)13-14-5-2-1-3-6-14/h1-3,5-6,11,15-16H,4,7-10,12-13H2,(H,20,23). The highest BCUT2D eigenvalue weighted by molar-refractivity contribution is 5.92. The first-order valence-corrected chi connectivity index (χ1v) is 8.82. The molecule has 5 nitrogen and oxygen atoms in total. The van der Waals surface area contributed by atoms with Gasteiger partial charge in [0.1, 0.15) is 5.76 Å². The molecule has 1 saturated heterocycles. The van der Waals surface area contributed by atoms with E-state index in [1.807, 2.05) is 6.07 Å². The van der Waals surface area contributed by atoms with Gasteiger partial charge in [0, 0.05) is 31.1 Å². The van der Waals surface area contributed by atoms with E-state index in [1.165, 1.54) is 12.0 Å². The fraction of sp³-hybridized carbons (Fsp3) is 0.474. The molecule has 2 aromatic rings. The summed E-state index contributed by atoms with van der Waals surface area (Å²) in [5.41, 5.74) is 1.73. The van der Waals surface area contributed by atoms with E-state index in [4.69, 9.17) is 4.52 Å². The van der Waals surface area contributed by atoms with Gasteiger partial charge in [0.25, 0.3) is 5.91 Å². The van der Waals surface area contributed by atoms with Crippen LogP contribution in [0.4, 0.5) is 0 Å². The average molecular weight is 325 g/mol. The Morgan fingerprint density at radius 2 is 2.08 bits per heavy atom. The topological polar surface area (TPSA) is 58.4 Å². The number of benzene rings is 1. The minimum atomic E-state index is -0.128. The second kappa shape index (κ2) is 6.77. The van der Waals surface area contributed by atoms with Crippen molar-refractivity contribution in [1.82, 2.24) is 15.4 Å². The Kier molecular flexibility index (Phi) is 4.34. The van der Waals surface area contributed by atoms with Crippen molar-refractivity contribution in [1.29, 1.82) is 0 Å². The van der Waals surface area contributed by atoms with E-state index in [-0.39, 0.29) is 5.91 Å². The molecular formula is C19H23N3O2. The first-order chi connectivity index (χ1) is 11.8. The van der Waals surface area contributed by atoms with Gasteiger partial charge >= 0.3 is 0 Å². The Morgan fingerprint density at radius 1 is 1.25 bits per heavy atom. The fourth-order valence-electron chi connectivity index (χ4n) is 3.41. The van der Waals surface area contributed by atoms with Gasteiger partial charge in [0.05, 0.1) is 0 Å². The van der Waals surface area contributed by atoms with Gasteiger partial charge < -0.3 is 9.84 Å². The first-order valence-electron chi connectivity index (χ1n) is 8.82. The molecule has 0 radical (unpaired) electrons. The first kappa shape index (κ1) is 15.4. The Morgan fingerprint density at radius 3 is 2.88 bits per heavy atom. The van der Waals surface area contributed by atoms with Crippen LogP contribution in [-0.2, 0) is 6.54 Å². The summed E-state index contributed by atoms with van der Waals surface area (Å²) in [6.45, 7) is 2.69. The van der Waals surface area contributed by atoms with Crippen molar-refractivity contribution < 1.29 is 9.32 Å². The SMILES string of the molecule is O=C(NCC1CCCN1Cc1ccccc1)c1cc(C2CC2)on1. The molecule has 2 heterocycles. The molecule has 4 rings (SSSR count). The van der Waals surface area contributed by atoms with E-state index >= 15 is 0 Å². The summed E-state index contributed by atoms with van der Waals surface area (Å²) in [7, 11) is 0. The van der Waals surface area contributed by atoms with E-state index in [0.29, 0.717) is 24.2 Å². The fourth-order valence-corrected chi connectivity index (χ4v) is 3.41. The van der Waals surface area contributed by atoms with Crippen LogP contribution in [0.15, 0.2) is 40.9 Å². The van der Waals surface area contributed by atoms with Crippen molar-refractivity contribution in [2.24, 2.45) is 0 Å². The molecule has 1 saturated carbocycles. The maximum absolute atomic E-state index is 12.3. The largest absolute Gasteiger partial charge is 0.360 e. The summed E-state index contributed by atoms with van der Waals surface area (Å²) in [4.78, 5) is 14.7. The second-order valence-electron chi connectivity index (χ2n) is 6.85. The lowest BCUT2D eigenvalue weighted by molar-refractivity contribution is 0.0930. The molecule has 0 spiro atoms. The molecule has 2 aliphatic rings. The lowest BCUT2D eigenvalue weighted by Crippen LogP contribution is -2.39. The lowest BCUT2D eigenvalue weighted by Gasteiger charge is -2.24. The summed E-state index contributed by atoms with van der Waals surface area (Å²) < 4.78 is 5.26. The van der Waals surface area contributed by atoms with Crippen LogP contribution < -0.4 is 5.32 Å². The van der Waals surface area contributed by atoms with Gasteiger partial charge in [-0.25, -0.2) is 0 Å². The van der Waals surface area contributed by atoms with Gasteiger partial charge in [0.15, 0.2) is 5.69 Å². The molecule has 5 heteroatoms. The van der Waals surface area contributed by atoms with Crippen LogP contribution in [0.3, 0.4) is 0 Å². The van der Waals surface area contributed by atoms with Gasteiger partial charge in [-0.05, 0) is 37.8 Å². The predicted octanol–water partition coefficient (Wildman–Crippen LogP) is 2.95. The van der Waals surface area contributed by atoms with E-state index < -0.39 is 0 Å². The monoisotopic (exact) mass is 325 g/mol. The summed E-state index contributed by atoms with van der Waals surface area (Å²) in [5, 5.41) is 6.93. The third-order valence-corrected chi connectivity index (χ3v) is 4.97. The zero-order chi connectivity index (χ0) is 16.4. The predicted molar refractivity (Wildman–Crippen MR) is 90.7 cm³/mol. The third kappa shape index (κ3) is 3.51. The molecule has 1 aliphatic heterocycles. The smallest absolute Gasteiger partial charge is 0.273 e. The number of carbonyl (C=O) groups excluding carboxylic acids is 1. The molecule has 1 aliphatic carbocycles. The molecule has 1 N–H and O–H groups in total. The Balaban J connectivity index is 1.31. The number of nitrogens with one attached hydrogen (secondary N) is 1. The summed E-state index contributed by atoms with van der Waals surface area (Å²) in [6.07, 6.45) is 4.60. The van der Waals surface area contributed by atoms with Crippen molar-refractivity contribution in [2.75, 3.05) is 13.1 Å². The highest BCUT2D eigenvalue weighted by Crippen LogP contribution is 2.40. The number of aromatic nitrogens is 1. The molecular weight excluding hydrogens is 302 g/mol. The Labute approximate surface area is 142 Å². The molecule has 24 heavy (non-hydrogen) atoms. The molecule has 1 aromatic carbocycles. The van der Waals surface area contributed by atoms with Crippen LogP contribution in [0.5, 0.6) is 0 Å². The van der Waals surface area contributed by atoms with Gasteiger partial charge in [-0.2, -0.15) is 0 Å². The average Bonchev–Trinajstić information content (AvgIpc) is 3.17. The van der Waals surface area contributed by atoms with Crippen molar-refractivity contribution in [3.05, 3.63) is 53.4 Å². The number of rotatable bonds is 6. The van der Waals surface area contributed by atoms with Crippen LogP contribution in [0.1, 0.15) is 53.4 Å². The van der Waals surface area contributed by atoms with Crippen molar-refractivity contribution >= 4 is 5.91 Å². The zero-order valence-corrected chi connectivity index (χ0v) is 13.8. The van der Waals surface area contributed by atoms with Crippen molar-refractivity contribution in [2.45, 2.75) is 44.2 Å². The number of likely N-dealkylation sites (tertiary alicyclic amines) is 1. The summed E-state index contributed by atoms with van der Waals surface area (Å²) >= 11 is 0. The van der Waals surface area contributed by atoms with Crippen molar-refractivity contribution in [3.8, 4) is 0 Å². The highest BCUT2D eigenvalue weighted by Gasteiger charge is 2.29. The minimum Gasteiger partial charge on any atom is -0.360 e. The summed E-state index contributed by atoms with van der Waals surface area (Å²) in [5.74, 6) is 1.21. The van der Waals surface area contributed by atoms with Crippen LogP contribution in [0, 0.1) is 0 Å². The van der Waals surface area contributed by atoms with Gasteiger partial charge in [-0.15, -0.1) is 0 Å². The van der Waals surface area contributed by atoms with Gasteiger partial charge in [-0.1, -0.05) is 35.5 Å². The number of hydrogen-bond acceptors (Lipinski definition) is 4. The number of amides is 1. The third-order valence-electron chi connectivity index (χ3n) is 4.97. The maximum Gasteiger partial charge on any atom is 0.273 e. The molecule has 1 unspecified atom stereocenters. The number of hydrogen-bond donors (Lipinski definition) is 1. The van der Waals surface area contributed by atoms with E-state index in [2.05, 4.69) is 39.6 Å². The van der Waals surface area contributed by atoms with Crippen LogP contribution in [-0.4, -0.2) is 35.1 Å². The van der Waals surface area contributed by atoms with E-state index in [9.17, 15) is 4.79 Å². The van der Waals surface area contributed by atoms with Crippen LogP contribution in [0.2, 0.25) is 0 Å². The number of carbonyl (C=O) groups is 1. The molecule has 1 atom stereocenters. The lowest BCUT2D eigenvalue weighted by atomic mass is 10.2. The Bertz CT molecular complexity index is 694. The van der Waals surface area contributed by atoms with Crippen LogP contribution in [0.25, 0.3) is 0 Å². The summed E-state index contributed by atoms with van der Waals surface area (Å²) in [6, 6.07) is 12.7. The normalized spacial score (nSPS) is 21.1. The van der Waals surface area contributed by atoms with Crippen molar-refractivity contribution in [3.63, 3.8) is 0 Å². The molecule has 2 fully saturated rings. The maximum atomic E-state index is 12.3. The molecule has 0 bridgehead atoms. The molecule has 126 valence electrons. The highest BCUT2D eigenvalue weighted by atomic mass is 16.5. The van der Waals surface area contributed by atoms with Gasteiger partial charge in [0.2, 0.25) is 0 Å². The van der Waals surface area contributed by atoms with Crippen LogP contribution >= 0.6 is 0 Å². The second-order valence-corrected chi connectivity index (χ2v) is 6.85.